The molecule has 8 nitrogen and oxygen atoms in total. The fraction of sp³-hybridized carbons (Fsp3) is 0.368. The van der Waals surface area contributed by atoms with Gasteiger partial charge in [0.25, 0.3) is 5.91 Å². The number of hydrogen-bond acceptors (Lipinski definition) is 8. The molecule has 2 rings (SSSR count). The summed E-state index contributed by atoms with van der Waals surface area (Å²) in [4.78, 5) is 40.3. The third-order valence-corrected chi connectivity index (χ3v) is 4.34. The molecule has 1 N–H and O–H groups in total. The van der Waals surface area contributed by atoms with Gasteiger partial charge < -0.3 is 14.2 Å². The Bertz CT molecular complexity index is 862. The number of carbonyl (C=O) groups excluding carboxylic acids is 3. The molecule has 2 aromatic rings. The zero-order chi connectivity index (χ0) is 20.7. The van der Waals surface area contributed by atoms with Crippen LogP contribution in [0.2, 0.25) is 0 Å². The van der Waals surface area contributed by atoms with E-state index >= 15 is 0 Å². The summed E-state index contributed by atoms with van der Waals surface area (Å²) in [5.41, 5.74) is 0.817. The van der Waals surface area contributed by atoms with Crippen LogP contribution in [0, 0.1) is 6.92 Å². The van der Waals surface area contributed by atoms with Gasteiger partial charge in [0.15, 0.2) is 11.7 Å². The fourth-order valence-electron chi connectivity index (χ4n) is 2.14. The quantitative estimate of drug-likeness (QED) is 0.671. The second-order valence-corrected chi connectivity index (χ2v) is 6.97. The molecule has 9 heteroatoms. The van der Waals surface area contributed by atoms with Crippen molar-refractivity contribution in [3.8, 4) is 5.75 Å². The minimum atomic E-state index is -0.475. The Kier molecular flexibility index (Phi) is 7.51. The molecule has 0 unspecified atom stereocenters. The molecule has 0 bridgehead atoms. The molecule has 1 amide bonds. The second kappa shape index (κ2) is 9.84. The van der Waals surface area contributed by atoms with Gasteiger partial charge in [-0.2, -0.15) is 0 Å². The number of nitrogens with zero attached hydrogens (tertiary/aromatic N) is 1. The number of ether oxygens (including phenoxy) is 3. The average Bonchev–Trinajstić information content (AvgIpc) is 3.00. The lowest BCUT2D eigenvalue weighted by molar-refractivity contribution is -0.118. The van der Waals surface area contributed by atoms with Crippen molar-refractivity contribution in [1.82, 2.24) is 4.98 Å². The van der Waals surface area contributed by atoms with E-state index in [9.17, 15) is 14.4 Å². The fourth-order valence-corrected chi connectivity index (χ4v) is 3.00. The van der Waals surface area contributed by atoms with Crippen LogP contribution in [0.3, 0.4) is 0 Å². The molecule has 1 aromatic heterocycles. The van der Waals surface area contributed by atoms with Gasteiger partial charge in [-0.1, -0.05) is 17.4 Å². The molecule has 0 saturated heterocycles. The van der Waals surface area contributed by atoms with Gasteiger partial charge in [0.05, 0.1) is 24.0 Å². The molecular weight excluding hydrogens is 384 g/mol. The van der Waals surface area contributed by atoms with Gasteiger partial charge in [-0.05, 0) is 45.9 Å². The first-order chi connectivity index (χ1) is 13.3. The van der Waals surface area contributed by atoms with Gasteiger partial charge in [0.2, 0.25) is 0 Å². The normalized spacial score (nSPS) is 10.5. The van der Waals surface area contributed by atoms with Gasteiger partial charge in [0, 0.05) is 0 Å². The molecule has 0 saturated carbocycles. The van der Waals surface area contributed by atoms with Gasteiger partial charge in [0.1, 0.15) is 10.6 Å². The van der Waals surface area contributed by atoms with E-state index in [-0.39, 0.29) is 24.4 Å². The first-order valence-electron chi connectivity index (χ1n) is 8.68. The van der Waals surface area contributed by atoms with E-state index < -0.39 is 17.8 Å². The van der Waals surface area contributed by atoms with Gasteiger partial charge in [-0.3, -0.25) is 10.1 Å². The molecule has 0 fully saturated rings. The monoisotopic (exact) mass is 406 g/mol. The van der Waals surface area contributed by atoms with Crippen LogP contribution in [0.4, 0.5) is 5.13 Å². The summed E-state index contributed by atoms with van der Waals surface area (Å²) in [5.74, 6) is -1.02. The molecule has 150 valence electrons. The van der Waals surface area contributed by atoms with Crippen LogP contribution < -0.4 is 10.1 Å². The van der Waals surface area contributed by atoms with Crippen molar-refractivity contribution in [3.05, 3.63) is 40.4 Å². The molecule has 0 aliphatic carbocycles. The number of rotatable bonds is 8. The second-order valence-electron chi connectivity index (χ2n) is 5.97. The molecule has 1 heterocycles. The maximum Gasteiger partial charge on any atom is 0.350 e. The van der Waals surface area contributed by atoms with Gasteiger partial charge in [-0.15, -0.1) is 0 Å². The maximum absolute atomic E-state index is 12.1. The van der Waals surface area contributed by atoms with Crippen LogP contribution in [0.1, 0.15) is 46.5 Å². The van der Waals surface area contributed by atoms with E-state index in [0.29, 0.717) is 21.9 Å². The molecule has 1 aromatic carbocycles. The van der Waals surface area contributed by atoms with Crippen molar-refractivity contribution in [2.75, 3.05) is 18.5 Å². The SMILES string of the molecule is CCOC(=O)c1cccc(OCC(=O)Nc2nc(C)c(C(=O)OC(C)C)s2)c1. The molecule has 0 radical (unpaired) electrons. The number of thiazole rings is 1. The van der Waals surface area contributed by atoms with E-state index in [1.807, 2.05) is 0 Å². The highest BCUT2D eigenvalue weighted by Gasteiger charge is 2.19. The summed E-state index contributed by atoms with van der Waals surface area (Å²) in [6.07, 6.45) is -0.245. The van der Waals surface area contributed by atoms with Gasteiger partial charge in [-0.25, -0.2) is 14.6 Å². The average molecular weight is 406 g/mol. The van der Waals surface area contributed by atoms with E-state index in [1.54, 1.807) is 45.9 Å². The number of carbonyl (C=O) groups is 3. The predicted molar refractivity (Wildman–Crippen MR) is 104 cm³/mol. The Labute approximate surface area is 166 Å². The Morgan fingerprint density at radius 2 is 1.96 bits per heavy atom. The smallest absolute Gasteiger partial charge is 0.350 e. The van der Waals surface area contributed by atoms with Crippen molar-refractivity contribution in [1.29, 1.82) is 0 Å². The van der Waals surface area contributed by atoms with Crippen LogP contribution in [-0.4, -0.2) is 42.1 Å². The van der Waals surface area contributed by atoms with Crippen LogP contribution in [0.15, 0.2) is 24.3 Å². The molecular formula is C19H22N2O6S. The van der Waals surface area contributed by atoms with E-state index in [0.717, 1.165) is 11.3 Å². The summed E-state index contributed by atoms with van der Waals surface area (Å²) < 4.78 is 15.5. The van der Waals surface area contributed by atoms with Crippen molar-refractivity contribution >= 4 is 34.3 Å². The highest BCUT2D eigenvalue weighted by Crippen LogP contribution is 2.24. The lowest BCUT2D eigenvalue weighted by Crippen LogP contribution is -2.20. The number of anilines is 1. The largest absolute Gasteiger partial charge is 0.484 e. The number of aryl methyl sites for hydroxylation is 1. The van der Waals surface area contributed by atoms with Crippen LogP contribution in [-0.2, 0) is 14.3 Å². The number of benzene rings is 1. The Hall–Kier alpha value is -2.94. The predicted octanol–water partition coefficient (Wildman–Crippen LogP) is 3.21. The Morgan fingerprint density at radius 3 is 2.64 bits per heavy atom. The molecule has 0 aliphatic rings. The van der Waals surface area contributed by atoms with E-state index in [2.05, 4.69) is 10.3 Å². The first kappa shape index (κ1) is 21.4. The Morgan fingerprint density at radius 1 is 1.21 bits per heavy atom. The van der Waals surface area contributed by atoms with Gasteiger partial charge >= 0.3 is 11.9 Å². The van der Waals surface area contributed by atoms with Crippen molar-refractivity contribution in [3.63, 3.8) is 0 Å². The molecule has 28 heavy (non-hydrogen) atoms. The van der Waals surface area contributed by atoms with Crippen LogP contribution in [0.25, 0.3) is 0 Å². The zero-order valence-corrected chi connectivity index (χ0v) is 16.9. The summed E-state index contributed by atoms with van der Waals surface area (Å²) in [6, 6.07) is 6.36. The van der Waals surface area contributed by atoms with E-state index in [1.165, 1.54) is 6.07 Å². The van der Waals surface area contributed by atoms with Crippen molar-refractivity contribution in [2.45, 2.75) is 33.8 Å². The number of esters is 2. The zero-order valence-electron chi connectivity index (χ0n) is 16.1. The lowest BCUT2D eigenvalue weighted by atomic mass is 10.2. The molecule has 0 spiro atoms. The first-order valence-corrected chi connectivity index (χ1v) is 9.50. The minimum Gasteiger partial charge on any atom is -0.484 e. The molecule has 0 aliphatic heterocycles. The molecule has 0 atom stereocenters. The number of nitrogens with one attached hydrogen (secondary N) is 1. The third-order valence-electron chi connectivity index (χ3n) is 3.29. The summed E-state index contributed by atoms with van der Waals surface area (Å²) >= 11 is 1.04. The number of amides is 1. The number of hydrogen-bond donors (Lipinski definition) is 1. The van der Waals surface area contributed by atoms with Crippen molar-refractivity contribution < 1.29 is 28.6 Å². The highest BCUT2D eigenvalue weighted by atomic mass is 32.1. The summed E-state index contributed by atoms with van der Waals surface area (Å²) in [7, 11) is 0. The number of aromatic nitrogens is 1. The summed E-state index contributed by atoms with van der Waals surface area (Å²) in [6.45, 7) is 6.89. The standard InChI is InChI=1S/C19H22N2O6S/c1-5-25-17(23)13-7-6-8-14(9-13)26-10-15(22)21-19-20-12(4)16(28-19)18(24)27-11(2)3/h6-9,11H,5,10H2,1-4H3,(H,20,21,22). The van der Waals surface area contributed by atoms with Crippen LogP contribution >= 0.6 is 11.3 Å². The van der Waals surface area contributed by atoms with Crippen LogP contribution in [0.5, 0.6) is 5.75 Å². The third kappa shape index (κ3) is 6.05. The summed E-state index contributed by atoms with van der Waals surface area (Å²) in [5, 5.41) is 2.86. The Balaban J connectivity index is 1.94. The van der Waals surface area contributed by atoms with E-state index in [4.69, 9.17) is 14.2 Å². The topological polar surface area (TPSA) is 104 Å². The maximum atomic E-state index is 12.1. The highest BCUT2D eigenvalue weighted by molar-refractivity contribution is 7.17. The van der Waals surface area contributed by atoms with Crippen molar-refractivity contribution in [2.24, 2.45) is 0 Å². The minimum absolute atomic E-state index is 0.245. The lowest BCUT2D eigenvalue weighted by Gasteiger charge is -2.07.